The van der Waals surface area contributed by atoms with E-state index in [1.165, 1.54) is 28.6 Å². The molecule has 1 heterocycles. The van der Waals surface area contributed by atoms with Gasteiger partial charge in [0, 0.05) is 31.6 Å². The van der Waals surface area contributed by atoms with Gasteiger partial charge in [0.2, 0.25) is 10.0 Å². The number of benzene rings is 1. The third kappa shape index (κ3) is 5.81. The summed E-state index contributed by atoms with van der Waals surface area (Å²) in [6.07, 6.45) is 5.00. The normalized spacial score (nSPS) is 15.5. The first kappa shape index (κ1) is 20.4. The Labute approximate surface area is 154 Å². The van der Waals surface area contributed by atoms with Crippen LogP contribution in [0.3, 0.4) is 0 Å². The third-order valence-corrected chi connectivity index (χ3v) is 6.34. The lowest BCUT2D eigenvalue weighted by Crippen LogP contribution is -2.35. The van der Waals surface area contributed by atoms with Crippen LogP contribution in [-0.4, -0.2) is 49.3 Å². The van der Waals surface area contributed by atoms with E-state index >= 15 is 0 Å². The summed E-state index contributed by atoms with van der Waals surface area (Å²) >= 11 is 0. The summed E-state index contributed by atoms with van der Waals surface area (Å²) in [5.41, 5.74) is 0.410. The quantitative estimate of drug-likeness (QED) is 0.638. The predicted octanol–water partition coefficient (Wildman–Crippen LogP) is 2.24. The molecule has 1 fully saturated rings. The van der Waals surface area contributed by atoms with Crippen LogP contribution >= 0.6 is 0 Å². The predicted molar refractivity (Wildman–Crippen MR) is 97.5 cm³/mol. The van der Waals surface area contributed by atoms with Crippen LogP contribution in [0.4, 0.5) is 0 Å². The summed E-state index contributed by atoms with van der Waals surface area (Å²) in [6, 6.07) is 6.00. The first-order valence-corrected chi connectivity index (χ1v) is 10.5. The average Bonchev–Trinajstić information content (AvgIpc) is 2.65. The number of sulfonamides is 1. The Morgan fingerprint density at radius 3 is 2.27 bits per heavy atom. The molecule has 26 heavy (non-hydrogen) atoms. The van der Waals surface area contributed by atoms with Gasteiger partial charge in [-0.15, -0.1) is 0 Å². The lowest BCUT2D eigenvalue weighted by molar-refractivity contribution is -0.137. The molecule has 0 atom stereocenters. The molecule has 2 rings (SSSR count). The van der Waals surface area contributed by atoms with Gasteiger partial charge in [0.15, 0.2) is 0 Å². The van der Waals surface area contributed by atoms with Gasteiger partial charge in [-0.05, 0) is 49.9 Å². The van der Waals surface area contributed by atoms with E-state index in [9.17, 15) is 18.0 Å². The number of hydrogen-bond acceptors (Lipinski definition) is 4. The summed E-state index contributed by atoms with van der Waals surface area (Å²) in [4.78, 5) is 22.7. The molecule has 8 heteroatoms. The maximum atomic E-state index is 12.6. The van der Waals surface area contributed by atoms with Crippen LogP contribution in [0.5, 0.6) is 0 Å². The summed E-state index contributed by atoms with van der Waals surface area (Å²) in [7, 11) is -3.49. The maximum absolute atomic E-state index is 12.6. The molecule has 1 aromatic rings. The zero-order chi connectivity index (χ0) is 19.0. The second kappa shape index (κ2) is 9.68. The molecular formula is C18H26N2O5S. The summed E-state index contributed by atoms with van der Waals surface area (Å²) in [6.45, 7) is 1.56. The summed E-state index contributed by atoms with van der Waals surface area (Å²) < 4.78 is 26.6. The fraction of sp³-hybridized carbons (Fsp3) is 0.556. The van der Waals surface area contributed by atoms with Crippen molar-refractivity contribution >= 4 is 21.9 Å². The maximum Gasteiger partial charge on any atom is 0.303 e. The summed E-state index contributed by atoms with van der Waals surface area (Å²) in [5.74, 6) is -1.07. The van der Waals surface area contributed by atoms with Crippen molar-refractivity contribution in [1.29, 1.82) is 0 Å². The molecule has 1 amide bonds. The zero-order valence-electron chi connectivity index (χ0n) is 14.8. The van der Waals surface area contributed by atoms with Gasteiger partial charge in [-0.3, -0.25) is 9.59 Å². The van der Waals surface area contributed by atoms with Gasteiger partial charge < -0.3 is 10.4 Å². The van der Waals surface area contributed by atoms with Gasteiger partial charge in [0.1, 0.15) is 0 Å². The van der Waals surface area contributed by atoms with E-state index in [4.69, 9.17) is 5.11 Å². The number of hydrogen-bond donors (Lipinski definition) is 2. The molecule has 144 valence electrons. The Kier molecular flexibility index (Phi) is 7.59. The van der Waals surface area contributed by atoms with Crippen LogP contribution in [-0.2, 0) is 14.8 Å². The fourth-order valence-electron chi connectivity index (χ4n) is 2.91. The Balaban J connectivity index is 1.84. The van der Waals surface area contributed by atoms with Gasteiger partial charge in [-0.2, -0.15) is 4.31 Å². The molecule has 0 radical (unpaired) electrons. The first-order chi connectivity index (χ1) is 12.4. The highest BCUT2D eigenvalue weighted by molar-refractivity contribution is 7.89. The molecule has 1 aliphatic rings. The Hall–Kier alpha value is -1.93. The van der Waals surface area contributed by atoms with Crippen LogP contribution in [0.2, 0.25) is 0 Å². The molecule has 1 saturated heterocycles. The average molecular weight is 382 g/mol. The highest BCUT2D eigenvalue weighted by atomic mass is 32.2. The standard InChI is InChI=1S/C18H26N2O5S/c21-17(22)7-3-1-4-12-19-18(23)15-8-10-16(11-9-15)26(24,25)20-13-5-2-6-14-20/h8-11H,1-7,12-14H2,(H,19,23)(H,21,22). The van der Waals surface area contributed by atoms with Crippen LogP contribution in [0.15, 0.2) is 29.2 Å². The van der Waals surface area contributed by atoms with E-state index in [0.29, 0.717) is 38.0 Å². The van der Waals surface area contributed by atoms with E-state index in [1.54, 1.807) is 0 Å². The number of aliphatic carboxylic acids is 1. The molecule has 2 N–H and O–H groups in total. The van der Waals surface area contributed by atoms with Crippen molar-refractivity contribution in [3.63, 3.8) is 0 Å². The van der Waals surface area contributed by atoms with Gasteiger partial charge in [0.05, 0.1) is 4.90 Å². The van der Waals surface area contributed by atoms with Crippen molar-refractivity contribution < 1.29 is 23.1 Å². The number of carboxylic acids is 1. The topological polar surface area (TPSA) is 104 Å². The van der Waals surface area contributed by atoms with Gasteiger partial charge in [-0.25, -0.2) is 8.42 Å². The third-order valence-electron chi connectivity index (χ3n) is 4.42. The highest BCUT2D eigenvalue weighted by Crippen LogP contribution is 2.20. The number of carboxylic acid groups (broad SMARTS) is 1. The van der Waals surface area contributed by atoms with Crippen LogP contribution in [0, 0.1) is 0 Å². The second-order valence-corrected chi connectivity index (χ2v) is 8.39. The molecule has 0 spiro atoms. The van der Waals surface area contributed by atoms with Crippen molar-refractivity contribution in [2.45, 2.75) is 49.8 Å². The van der Waals surface area contributed by atoms with E-state index in [0.717, 1.165) is 25.7 Å². The fourth-order valence-corrected chi connectivity index (χ4v) is 4.43. The molecule has 7 nitrogen and oxygen atoms in total. The number of carbonyl (C=O) groups is 2. The molecule has 1 aromatic carbocycles. The Morgan fingerprint density at radius 2 is 1.65 bits per heavy atom. The monoisotopic (exact) mass is 382 g/mol. The largest absolute Gasteiger partial charge is 0.481 e. The van der Waals surface area contributed by atoms with Gasteiger partial charge in [-0.1, -0.05) is 12.8 Å². The van der Waals surface area contributed by atoms with Crippen LogP contribution in [0.25, 0.3) is 0 Å². The first-order valence-electron chi connectivity index (χ1n) is 9.01. The van der Waals surface area contributed by atoms with Crippen molar-refractivity contribution in [3.8, 4) is 0 Å². The Morgan fingerprint density at radius 1 is 1.00 bits per heavy atom. The van der Waals surface area contributed by atoms with E-state index < -0.39 is 16.0 Å². The Bertz CT molecular complexity index is 710. The number of carbonyl (C=O) groups excluding carboxylic acids is 1. The van der Waals surface area contributed by atoms with Gasteiger partial charge >= 0.3 is 5.97 Å². The molecular weight excluding hydrogens is 356 g/mol. The minimum absolute atomic E-state index is 0.140. The van der Waals surface area contributed by atoms with Crippen LogP contribution < -0.4 is 5.32 Å². The number of nitrogens with zero attached hydrogens (tertiary/aromatic N) is 1. The molecule has 0 bridgehead atoms. The summed E-state index contributed by atoms with van der Waals surface area (Å²) in [5, 5.41) is 11.3. The minimum Gasteiger partial charge on any atom is -0.481 e. The van der Waals surface area contributed by atoms with E-state index in [1.807, 2.05) is 0 Å². The molecule has 0 saturated carbocycles. The van der Waals surface area contributed by atoms with Crippen molar-refractivity contribution in [1.82, 2.24) is 9.62 Å². The van der Waals surface area contributed by atoms with Crippen LogP contribution in [0.1, 0.15) is 55.3 Å². The number of unbranched alkanes of at least 4 members (excludes halogenated alkanes) is 2. The smallest absolute Gasteiger partial charge is 0.303 e. The van der Waals surface area contributed by atoms with Crippen molar-refractivity contribution in [2.75, 3.05) is 19.6 Å². The number of piperidine rings is 1. The number of rotatable bonds is 9. The minimum atomic E-state index is -3.49. The lowest BCUT2D eigenvalue weighted by Gasteiger charge is -2.25. The molecule has 0 aliphatic carbocycles. The SMILES string of the molecule is O=C(O)CCCCCNC(=O)c1ccc(S(=O)(=O)N2CCCCC2)cc1. The van der Waals surface area contributed by atoms with E-state index in [2.05, 4.69) is 5.32 Å². The second-order valence-electron chi connectivity index (χ2n) is 6.45. The van der Waals surface area contributed by atoms with Crippen molar-refractivity contribution in [2.24, 2.45) is 0 Å². The molecule has 1 aliphatic heterocycles. The number of amides is 1. The highest BCUT2D eigenvalue weighted by Gasteiger charge is 2.25. The molecule has 0 unspecified atom stereocenters. The van der Waals surface area contributed by atoms with E-state index in [-0.39, 0.29) is 17.2 Å². The van der Waals surface area contributed by atoms with Crippen molar-refractivity contribution in [3.05, 3.63) is 29.8 Å². The molecule has 0 aromatic heterocycles. The van der Waals surface area contributed by atoms with Gasteiger partial charge in [0.25, 0.3) is 5.91 Å². The lowest BCUT2D eigenvalue weighted by atomic mass is 10.2. The zero-order valence-corrected chi connectivity index (χ0v) is 15.6. The number of nitrogens with one attached hydrogen (secondary N) is 1.